The van der Waals surface area contributed by atoms with Gasteiger partial charge in [0.05, 0.1) is 13.2 Å². The van der Waals surface area contributed by atoms with Crippen LogP contribution in [0.25, 0.3) is 0 Å². The van der Waals surface area contributed by atoms with Crippen molar-refractivity contribution in [2.24, 2.45) is 0 Å². The van der Waals surface area contributed by atoms with Crippen LogP contribution in [0.1, 0.15) is 66.5 Å². The summed E-state index contributed by atoms with van der Waals surface area (Å²) in [5, 5.41) is 22.9. The van der Waals surface area contributed by atoms with E-state index < -0.39 is 83.3 Å². The largest absolute Gasteiger partial charge is 2.00 e. The maximum atomic E-state index is 11.5. The minimum absolute atomic E-state index is 0. The van der Waals surface area contributed by atoms with Gasteiger partial charge in [-0.3, -0.25) is 9.97 Å². The van der Waals surface area contributed by atoms with E-state index in [9.17, 15) is 19.8 Å². The minimum Gasteiger partial charge on any atom is -0.544 e. The molecule has 0 amide bonds. The number of nitrogens with zero attached hydrogens (tertiary/aromatic N) is 2. The molecule has 0 unspecified atom stereocenters. The SMILES string of the molecule is CC1(C)OC[C@@H]2O[C@@]3(C(=O)[O-])OC(C)(C)O[C@H]3[C@@H]2O1.CC1(C)OC[C@@H]2O[C@@]3(C(=O)[O-])OC(C)(C)O[C@H]3[C@@H]2O1.Cc1ccncc1.Cc1ccncc1.[Cu+2]. The second-order valence-corrected chi connectivity index (χ2v) is 14.9. The van der Waals surface area contributed by atoms with Crippen molar-refractivity contribution in [2.75, 3.05) is 13.2 Å². The Morgan fingerprint density at radius 3 is 1.15 bits per heavy atom. The molecule has 53 heavy (non-hydrogen) atoms. The van der Waals surface area contributed by atoms with E-state index in [2.05, 4.69) is 9.97 Å². The van der Waals surface area contributed by atoms with E-state index in [-0.39, 0.29) is 30.3 Å². The van der Waals surface area contributed by atoms with Crippen molar-refractivity contribution in [3.63, 3.8) is 0 Å². The van der Waals surface area contributed by atoms with Crippen LogP contribution in [0.3, 0.4) is 0 Å². The van der Waals surface area contributed by atoms with Crippen LogP contribution in [0.15, 0.2) is 49.1 Å². The van der Waals surface area contributed by atoms with Crippen LogP contribution >= 0.6 is 0 Å². The Kier molecular flexibility index (Phi) is 12.9. The van der Waals surface area contributed by atoms with Crippen LogP contribution in [-0.4, -0.2) is 106 Å². The van der Waals surface area contributed by atoms with Gasteiger partial charge in [0.1, 0.15) is 48.6 Å². The first-order valence-electron chi connectivity index (χ1n) is 17.0. The zero-order chi connectivity index (χ0) is 38.3. The number of carboxylic acid groups (broad SMARTS) is 2. The van der Waals surface area contributed by atoms with Crippen LogP contribution in [0.4, 0.5) is 0 Å². The molecule has 6 aliphatic heterocycles. The molecule has 0 saturated carbocycles. The van der Waals surface area contributed by atoms with E-state index in [1.54, 1.807) is 80.2 Å². The van der Waals surface area contributed by atoms with Gasteiger partial charge in [-0.05, 0) is 105 Å². The van der Waals surface area contributed by atoms with Crippen LogP contribution in [-0.2, 0) is 74.0 Å². The molecule has 2 aromatic rings. The summed E-state index contributed by atoms with van der Waals surface area (Å²) in [6.45, 7) is 18.0. The van der Waals surface area contributed by atoms with Gasteiger partial charge in [-0.1, -0.05) is 0 Å². The fourth-order valence-electron chi connectivity index (χ4n) is 6.47. The van der Waals surface area contributed by atoms with E-state index in [4.69, 9.17) is 47.4 Å². The Morgan fingerprint density at radius 1 is 0.566 bits per heavy atom. The summed E-state index contributed by atoms with van der Waals surface area (Å²) in [5.41, 5.74) is 2.52. The minimum atomic E-state index is -1.93. The first kappa shape index (κ1) is 43.1. The second-order valence-electron chi connectivity index (χ2n) is 14.9. The second kappa shape index (κ2) is 15.8. The van der Waals surface area contributed by atoms with Gasteiger partial charge >= 0.3 is 17.1 Å². The molecule has 16 nitrogen and oxygen atoms in total. The van der Waals surface area contributed by atoms with Crippen molar-refractivity contribution in [1.82, 2.24) is 9.97 Å². The van der Waals surface area contributed by atoms with Crippen molar-refractivity contribution in [3.8, 4) is 0 Å². The fourth-order valence-corrected chi connectivity index (χ4v) is 6.47. The molecule has 0 aliphatic carbocycles. The van der Waals surface area contributed by atoms with E-state index in [1.807, 2.05) is 38.1 Å². The quantitative estimate of drug-likeness (QED) is 0.391. The third-order valence-corrected chi connectivity index (χ3v) is 8.64. The number of pyridine rings is 2. The molecular formula is C36H48CuN2O14. The van der Waals surface area contributed by atoms with Crippen LogP contribution in [0.2, 0.25) is 0 Å². The molecule has 8 heterocycles. The summed E-state index contributed by atoms with van der Waals surface area (Å²) in [6, 6.07) is 7.89. The number of aryl methyl sites for hydroxylation is 2. The summed E-state index contributed by atoms with van der Waals surface area (Å²) in [7, 11) is 0. The molecule has 0 N–H and O–H groups in total. The van der Waals surface area contributed by atoms with E-state index in [1.165, 1.54) is 11.1 Å². The van der Waals surface area contributed by atoms with Gasteiger partial charge in [0, 0.05) is 24.8 Å². The van der Waals surface area contributed by atoms with Gasteiger partial charge < -0.3 is 67.2 Å². The molecule has 6 aliphatic rings. The standard InChI is InChI=1S/2C12H18O7.2C6H7N.Cu/c2*1-10(2)15-5-6-7(17-10)8-12(16-6,9(13)14)19-11(3,4)18-8;2*1-6-2-4-7-5-3-6;/h2*6-8H,5H2,1-4H3,(H,13,14);2*2-5H,1H3;/q;;;;+2/p-2/t2*6-,7+,8-,12+;;;/m00.../s1. The number of aromatic nitrogens is 2. The van der Waals surface area contributed by atoms with Crippen molar-refractivity contribution in [2.45, 2.75) is 141 Å². The Hall–Kier alpha value is -2.64. The molecule has 0 spiro atoms. The fraction of sp³-hybridized carbons (Fsp3) is 0.667. The third-order valence-electron chi connectivity index (χ3n) is 8.64. The number of aliphatic carboxylic acids is 2. The Morgan fingerprint density at radius 2 is 0.887 bits per heavy atom. The van der Waals surface area contributed by atoms with Gasteiger partial charge in [0.2, 0.25) is 11.6 Å². The molecular weight excluding hydrogens is 748 g/mol. The number of carbonyl (C=O) groups is 2. The number of carbonyl (C=O) groups excluding carboxylic acids is 2. The Labute approximate surface area is 319 Å². The monoisotopic (exact) mass is 795 g/mol. The van der Waals surface area contributed by atoms with Crippen LogP contribution < -0.4 is 10.2 Å². The van der Waals surface area contributed by atoms with Crippen LogP contribution in [0, 0.1) is 13.8 Å². The number of hydrogen-bond donors (Lipinski definition) is 0. The summed E-state index contributed by atoms with van der Waals surface area (Å²) in [6.07, 6.45) is 3.17. The molecule has 8 rings (SSSR count). The van der Waals surface area contributed by atoms with Gasteiger partial charge in [0.25, 0.3) is 0 Å². The average Bonchev–Trinajstić information content (AvgIpc) is 3.69. The summed E-state index contributed by atoms with van der Waals surface area (Å²) < 4.78 is 55.6. The Balaban J connectivity index is 0.000000172. The zero-order valence-corrected chi connectivity index (χ0v) is 32.4. The average molecular weight is 796 g/mol. The molecule has 6 saturated heterocycles. The number of carboxylic acids is 2. The number of rotatable bonds is 2. The van der Waals surface area contributed by atoms with Gasteiger partial charge in [-0.25, -0.2) is 0 Å². The van der Waals surface area contributed by atoms with Gasteiger partial charge in [0.15, 0.2) is 23.1 Å². The van der Waals surface area contributed by atoms with Crippen molar-refractivity contribution < 1.29 is 84.2 Å². The van der Waals surface area contributed by atoms with E-state index in [0.717, 1.165) is 0 Å². The number of ether oxygens (including phenoxy) is 10. The van der Waals surface area contributed by atoms with Gasteiger partial charge in [-0.15, -0.1) is 0 Å². The molecule has 0 bridgehead atoms. The smallest absolute Gasteiger partial charge is 0.544 e. The summed E-state index contributed by atoms with van der Waals surface area (Å²) >= 11 is 0. The molecule has 0 aromatic carbocycles. The molecule has 6 fully saturated rings. The zero-order valence-electron chi connectivity index (χ0n) is 31.4. The van der Waals surface area contributed by atoms with Crippen molar-refractivity contribution >= 4 is 11.9 Å². The van der Waals surface area contributed by atoms with E-state index >= 15 is 0 Å². The van der Waals surface area contributed by atoms with E-state index in [0.29, 0.717) is 0 Å². The summed E-state index contributed by atoms with van der Waals surface area (Å²) in [5.74, 6) is -10.5. The summed E-state index contributed by atoms with van der Waals surface area (Å²) in [4.78, 5) is 30.6. The van der Waals surface area contributed by atoms with Crippen molar-refractivity contribution in [1.29, 1.82) is 0 Å². The normalized spacial score (nSPS) is 35.7. The van der Waals surface area contributed by atoms with Crippen molar-refractivity contribution in [3.05, 3.63) is 60.2 Å². The molecule has 2 aromatic heterocycles. The predicted molar refractivity (Wildman–Crippen MR) is 173 cm³/mol. The van der Waals surface area contributed by atoms with Gasteiger partial charge in [-0.2, -0.15) is 0 Å². The maximum Gasteiger partial charge on any atom is 2.00 e. The number of hydrogen-bond acceptors (Lipinski definition) is 16. The molecule has 8 atom stereocenters. The first-order valence-corrected chi connectivity index (χ1v) is 17.0. The first-order chi connectivity index (χ1) is 24.1. The molecule has 1 radical (unpaired) electrons. The van der Waals surface area contributed by atoms with Crippen LogP contribution in [0.5, 0.6) is 0 Å². The predicted octanol–water partition coefficient (Wildman–Crippen LogP) is 1.05. The molecule has 17 heteroatoms. The number of fused-ring (bicyclic) bond motifs is 6. The third kappa shape index (κ3) is 9.61. The molecule has 297 valence electrons. The maximum absolute atomic E-state index is 11.5. The topological polar surface area (TPSA) is 198 Å². The Bertz CT molecular complexity index is 1450.